The summed E-state index contributed by atoms with van der Waals surface area (Å²) in [5, 5.41) is 9.18. The van der Waals surface area contributed by atoms with Crippen molar-refractivity contribution in [3.63, 3.8) is 0 Å². The van der Waals surface area contributed by atoms with Crippen LogP contribution < -0.4 is 4.74 Å². The maximum Gasteiger partial charge on any atom is 0.310 e. The third kappa shape index (κ3) is 2.38. The number of nitrogens with zero attached hydrogens (tertiary/aromatic N) is 1. The standard InChI is InChI=1S/C13H17NO5S/c1-13(12(15)16)7-8-14(9-13)20(17,18)11-6-4-3-5-10(11)19-2/h3-6H,7-9H2,1-2H3,(H,15,16). The molecule has 0 aliphatic carbocycles. The zero-order valence-electron chi connectivity index (χ0n) is 11.4. The first-order valence-electron chi connectivity index (χ1n) is 6.18. The van der Waals surface area contributed by atoms with Crippen LogP contribution >= 0.6 is 0 Å². The summed E-state index contributed by atoms with van der Waals surface area (Å²) >= 11 is 0. The van der Waals surface area contributed by atoms with E-state index in [4.69, 9.17) is 4.74 Å². The Bertz CT molecular complexity index is 627. The lowest BCUT2D eigenvalue weighted by atomic mass is 9.90. The van der Waals surface area contributed by atoms with Crippen LogP contribution in [0.1, 0.15) is 13.3 Å². The van der Waals surface area contributed by atoms with Gasteiger partial charge in [-0.3, -0.25) is 4.79 Å². The number of rotatable bonds is 4. The molecule has 0 aromatic heterocycles. The minimum Gasteiger partial charge on any atom is -0.495 e. The summed E-state index contributed by atoms with van der Waals surface area (Å²) in [6, 6.07) is 6.33. The number of methoxy groups -OCH3 is 1. The predicted octanol–water partition coefficient (Wildman–Crippen LogP) is 1.18. The molecule has 1 aromatic carbocycles. The van der Waals surface area contributed by atoms with Gasteiger partial charge in [-0.15, -0.1) is 0 Å². The quantitative estimate of drug-likeness (QED) is 0.902. The van der Waals surface area contributed by atoms with Gasteiger partial charge in [-0.1, -0.05) is 12.1 Å². The summed E-state index contributed by atoms with van der Waals surface area (Å²) in [4.78, 5) is 11.3. The van der Waals surface area contributed by atoms with Gasteiger partial charge >= 0.3 is 5.97 Å². The lowest BCUT2D eigenvalue weighted by Gasteiger charge is -2.20. The topological polar surface area (TPSA) is 83.9 Å². The van der Waals surface area contributed by atoms with E-state index in [1.807, 2.05) is 0 Å². The zero-order valence-corrected chi connectivity index (χ0v) is 12.2. The Morgan fingerprint density at radius 1 is 1.40 bits per heavy atom. The number of ether oxygens (including phenoxy) is 1. The Kier molecular flexibility index (Phi) is 3.75. The number of hydrogen-bond donors (Lipinski definition) is 1. The second kappa shape index (κ2) is 5.06. The number of hydrogen-bond acceptors (Lipinski definition) is 4. The second-order valence-corrected chi connectivity index (χ2v) is 7.01. The summed E-state index contributed by atoms with van der Waals surface area (Å²) in [6.45, 7) is 1.74. The molecule has 6 nitrogen and oxygen atoms in total. The molecule has 2 rings (SSSR count). The van der Waals surface area contributed by atoms with E-state index in [1.165, 1.54) is 17.5 Å². The van der Waals surface area contributed by atoms with Crippen LogP contribution in [0, 0.1) is 5.41 Å². The third-order valence-electron chi connectivity index (χ3n) is 3.64. The van der Waals surface area contributed by atoms with Gasteiger partial charge in [-0.2, -0.15) is 4.31 Å². The minimum absolute atomic E-state index is 0.0251. The number of carboxylic acid groups (broad SMARTS) is 1. The number of carbonyl (C=O) groups is 1. The molecule has 0 saturated carbocycles. The van der Waals surface area contributed by atoms with Gasteiger partial charge in [0.05, 0.1) is 12.5 Å². The number of aliphatic carboxylic acids is 1. The molecule has 1 aliphatic heterocycles. The maximum atomic E-state index is 12.6. The zero-order chi connectivity index (χ0) is 15.0. The van der Waals surface area contributed by atoms with Crippen LogP contribution in [0.25, 0.3) is 0 Å². The van der Waals surface area contributed by atoms with E-state index in [0.29, 0.717) is 6.42 Å². The van der Waals surface area contributed by atoms with Crippen molar-refractivity contribution in [2.24, 2.45) is 5.41 Å². The average Bonchev–Trinajstić information content (AvgIpc) is 2.83. The molecule has 1 fully saturated rings. The highest BCUT2D eigenvalue weighted by molar-refractivity contribution is 7.89. The van der Waals surface area contributed by atoms with Gasteiger partial charge in [-0.25, -0.2) is 8.42 Å². The second-order valence-electron chi connectivity index (χ2n) is 5.11. The Hall–Kier alpha value is -1.60. The largest absolute Gasteiger partial charge is 0.495 e. The van der Waals surface area contributed by atoms with Crippen molar-refractivity contribution < 1.29 is 23.1 Å². The molecular weight excluding hydrogens is 282 g/mol. The predicted molar refractivity (Wildman–Crippen MR) is 72.1 cm³/mol. The molecular formula is C13H17NO5S. The van der Waals surface area contributed by atoms with E-state index in [1.54, 1.807) is 25.1 Å². The smallest absolute Gasteiger partial charge is 0.310 e. The average molecular weight is 299 g/mol. The van der Waals surface area contributed by atoms with Gasteiger partial charge in [-0.05, 0) is 25.5 Å². The fourth-order valence-electron chi connectivity index (χ4n) is 2.27. The molecule has 0 radical (unpaired) electrons. The fraction of sp³-hybridized carbons (Fsp3) is 0.462. The van der Waals surface area contributed by atoms with E-state index >= 15 is 0 Å². The van der Waals surface area contributed by atoms with E-state index in [9.17, 15) is 18.3 Å². The van der Waals surface area contributed by atoms with Crippen LogP contribution in [0.4, 0.5) is 0 Å². The van der Waals surface area contributed by atoms with E-state index in [0.717, 1.165) is 0 Å². The first kappa shape index (κ1) is 14.8. The van der Waals surface area contributed by atoms with Crippen molar-refractivity contribution in [3.05, 3.63) is 24.3 Å². The first-order valence-corrected chi connectivity index (χ1v) is 7.62. The van der Waals surface area contributed by atoms with Crippen molar-refractivity contribution in [2.75, 3.05) is 20.2 Å². The molecule has 0 spiro atoms. The molecule has 110 valence electrons. The van der Waals surface area contributed by atoms with Crippen LogP contribution in [0.3, 0.4) is 0 Å². The molecule has 1 heterocycles. The molecule has 1 aliphatic rings. The molecule has 1 aromatic rings. The number of para-hydroxylation sites is 1. The van der Waals surface area contributed by atoms with Crippen LogP contribution in [0.5, 0.6) is 5.75 Å². The van der Waals surface area contributed by atoms with Crippen LogP contribution in [-0.4, -0.2) is 44.0 Å². The van der Waals surface area contributed by atoms with Crippen molar-refractivity contribution >= 4 is 16.0 Å². The number of benzene rings is 1. The maximum absolute atomic E-state index is 12.6. The molecule has 0 bridgehead atoms. The van der Waals surface area contributed by atoms with Crippen LogP contribution in [0.2, 0.25) is 0 Å². The highest BCUT2D eigenvalue weighted by atomic mass is 32.2. The summed E-state index contributed by atoms with van der Waals surface area (Å²) in [5.41, 5.74) is -1.03. The summed E-state index contributed by atoms with van der Waals surface area (Å²) < 4.78 is 31.4. The highest BCUT2D eigenvalue weighted by Crippen LogP contribution is 2.35. The number of sulfonamides is 1. The SMILES string of the molecule is COc1ccccc1S(=O)(=O)N1CCC(C)(C(=O)O)C1. The van der Waals surface area contributed by atoms with Gasteiger partial charge in [0.2, 0.25) is 10.0 Å². The van der Waals surface area contributed by atoms with Crippen molar-refractivity contribution in [1.29, 1.82) is 0 Å². The summed E-state index contributed by atoms with van der Waals surface area (Å²) in [5.74, 6) is -0.716. The molecule has 1 N–H and O–H groups in total. The van der Waals surface area contributed by atoms with Crippen LogP contribution in [0.15, 0.2) is 29.2 Å². The molecule has 7 heteroatoms. The van der Waals surface area contributed by atoms with Gasteiger partial charge in [0, 0.05) is 13.1 Å². The summed E-state index contributed by atoms with van der Waals surface area (Å²) in [6.07, 6.45) is 0.302. The Morgan fingerprint density at radius 2 is 2.05 bits per heavy atom. The van der Waals surface area contributed by atoms with Crippen molar-refractivity contribution in [1.82, 2.24) is 4.31 Å². The third-order valence-corrected chi connectivity index (χ3v) is 5.53. The molecule has 1 atom stereocenters. The van der Waals surface area contributed by atoms with Gasteiger partial charge < -0.3 is 9.84 Å². The van der Waals surface area contributed by atoms with Crippen molar-refractivity contribution in [2.45, 2.75) is 18.2 Å². The van der Waals surface area contributed by atoms with E-state index in [-0.39, 0.29) is 23.7 Å². The lowest BCUT2D eigenvalue weighted by molar-refractivity contribution is -0.146. The van der Waals surface area contributed by atoms with Crippen LogP contribution in [-0.2, 0) is 14.8 Å². The molecule has 1 unspecified atom stereocenters. The Labute approximate surface area is 118 Å². The van der Waals surface area contributed by atoms with Gasteiger partial charge in [0.25, 0.3) is 0 Å². The van der Waals surface area contributed by atoms with E-state index < -0.39 is 21.4 Å². The Morgan fingerprint density at radius 3 is 2.60 bits per heavy atom. The highest BCUT2D eigenvalue weighted by Gasteiger charge is 2.45. The summed E-state index contributed by atoms with van der Waals surface area (Å²) in [7, 11) is -2.34. The Balaban J connectivity index is 2.36. The fourth-order valence-corrected chi connectivity index (χ4v) is 3.99. The normalized spacial score (nSPS) is 23.7. The first-order chi connectivity index (χ1) is 9.31. The molecule has 20 heavy (non-hydrogen) atoms. The minimum atomic E-state index is -3.74. The number of carboxylic acids is 1. The van der Waals surface area contributed by atoms with Gasteiger partial charge in [0.1, 0.15) is 10.6 Å². The molecule has 1 saturated heterocycles. The lowest BCUT2D eigenvalue weighted by Crippen LogP contribution is -2.35. The molecule has 0 amide bonds. The van der Waals surface area contributed by atoms with E-state index in [2.05, 4.69) is 0 Å². The monoisotopic (exact) mass is 299 g/mol. The van der Waals surface area contributed by atoms with Crippen molar-refractivity contribution in [3.8, 4) is 5.75 Å². The van der Waals surface area contributed by atoms with Gasteiger partial charge in [0.15, 0.2) is 0 Å².